The highest BCUT2D eigenvalue weighted by atomic mass is 19.4. The molecule has 4 heterocycles. The Bertz CT molecular complexity index is 1600. The maximum Gasteiger partial charge on any atom is 0.418 e. The fourth-order valence-electron chi connectivity index (χ4n) is 6.58. The molecule has 0 radical (unpaired) electrons. The zero-order valence-electron chi connectivity index (χ0n) is 23.5. The van der Waals surface area contributed by atoms with E-state index in [1.807, 2.05) is 29.8 Å². The molecule has 0 unspecified atom stereocenters. The number of pyridine rings is 1. The number of hydrogen-bond donors (Lipinski definition) is 0. The molecule has 3 aromatic heterocycles. The molecule has 0 bridgehead atoms. The molecule has 11 heteroatoms. The highest BCUT2D eigenvalue weighted by molar-refractivity contribution is 5.58. The van der Waals surface area contributed by atoms with E-state index in [0.717, 1.165) is 54.6 Å². The Morgan fingerprint density at radius 1 is 1.17 bits per heavy atom. The van der Waals surface area contributed by atoms with Crippen LogP contribution in [0.1, 0.15) is 61.0 Å². The molecule has 0 N–H and O–H groups in total. The van der Waals surface area contributed by atoms with Crippen LogP contribution in [0.3, 0.4) is 0 Å². The number of aromatic nitrogens is 5. The zero-order valence-corrected chi connectivity index (χ0v) is 23.5. The van der Waals surface area contributed by atoms with Crippen LogP contribution in [0.2, 0.25) is 0 Å². The molecule has 1 saturated carbocycles. The van der Waals surface area contributed by atoms with Crippen LogP contribution in [-0.4, -0.2) is 54.9 Å². The van der Waals surface area contributed by atoms with Crippen molar-refractivity contribution in [1.29, 1.82) is 0 Å². The van der Waals surface area contributed by atoms with E-state index in [1.165, 1.54) is 16.8 Å². The van der Waals surface area contributed by atoms with Crippen LogP contribution in [0.25, 0.3) is 11.2 Å². The summed E-state index contributed by atoms with van der Waals surface area (Å²) >= 11 is 0. The summed E-state index contributed by atoms with van der Waals surface area (Å²) in [7, 11) is 3.60. The molecule has 1 aromatic carbocycles. The number of alkyl halides is 3. The van der Waals surface area contributed by atoms with Crippen molar-refractivity contribution in [2.24, 2.45) is 18.9 Å². The quantitative estimate of drug-likeness (QED) is 0.313. The number of rotatable bonds is 7. The van der Waals surface area contributed by atoms with E-state index in [1.54, 1.807) is 25.7 Å². The van der Waals surface area contributed by atoms with E-state index >= 15 is 0 Å². The lowest BCUT2D eigenvalue weighted by atomic mass is 9.70. The van der Waals surface area contributed by atoms with Gasteiger partial charge in [0.1, 0.15) is 12.2 Å². The molecule has 218 valence electrons. The molecule has 6 rings (SSSR count). The van der Waals surface area contributed by atoms with Gasteiger partial charge in [-0.3, -0.25) is 13.9 Å². The van der Waals surface area contributed by atoms with Crippen molar-refractivity contribution >= 4 is 5.52 Å². The number of aryl methyl sites for hydroxylation is 1. The molecule has 4 aromatic rings. The second kappa shape index (κ2) is 10.8. The van der Waals surface area contributed by atoms with Crippen molar-refractivity contribution in [3.05, 3.63) is 82.1 Å². The highest BCUT2D eigenvalue weighted by Crippen LogP contribution is 2.44. The first-order chi connectivity index (χ1) is 19.6. The van der Waals surface area contributed by atoms with E-state index in [9.17, 15) is 18.0 Å². The third-order valence-corrected chi connectivity index (χ3v) is 8.74. The molecular weight excluding hydrogens is 533 g/mol. The predicted octanol–water partition coefficient (Wildman–Crippen LogP) is 5.03. The minimum Gasteiger partial charge on any atom is -0.381 e. The van der Waals surface area contributed by atoms with Gasteiger partial charge in [0.2, 0.25) is 0 Å². The van der Waals surface area contributed by atoms with Crippen LogP contribution in [0, 0.1) is 11.8 Å². The van der Waals surface area contributed by atoms with Gasteiger partial charge in [-0.15, -0.1) is 10.2 Å². The van der Waals surface area contributed by atoms with Crippen LogP contribution < -0.4 is 5.69 Å². The number of methoxy groups -OCH3 is 1. The monoisotopic (exact) mass is 568 g/mol. The number of ether oxygens (including phenoxy) is 1. The van der Waals surface area contributed by atoms with Gasteiger partial charge in [0, 0.05) is 45.6 Å². The number of hydrogen-bond acceptors (Lipinski definition) is 5. The number of imidazole rings is 1. The molecule has 0 amide bonds. The van der Waals surface area contributed by atoms with Crippen LogP contribution in [0.15, 0.2) is 53.8 Å². The van der Waals surface area contributed by atoms with Gasteiger partial charge in [-0.2, -0.15) is 13.2 Å². The van der Waals surface area contributed by atoms with E-state index < -0.39 is 17.4 Å². The number of halogens is 3. The van der Waals surface area contributed by atoms with Crippen molar-refractivity contribution in [1.82, 2.24) is 28.6 Å². The minimum atomic E-state index is -4.60. The smallest absolute Gasteiger partial charge is 0.381 e. The molecule has 0 spiro atoms. The van der Waals surface area contributed by atoms with Crippen molar-refractivity contribution in [2.75, 3.05) is 20.2 Å². The first-order valence-electron chi connectivity index (χ1n) is 14.2. The number of piperidine rings is 1. The third-order valence-electron chi connectivity index (χ3n) is 8.74. The fraction of sp³-hybridized carbons (Fsp3) is 0.500. The topological polar surface area (TPSA) is 69.6 Å². The van der Waals surface area contributed by atoms with Gasteiger partial charge in [-0.05, 0) is 73.4 Å². The van der Waals surface area contributed by atoms with Crippen LogP contribution in [-0.2, 0) is 24.5 Å². The molecule has 1 aliphatic carbocycles. The first kappa shape index (κ1) is 27.7. The normalized spacial score (nSPS) is 22.6. The summed E-state index contributed by atoms with van der Waals surface area (Å²) in [5.74, 6) is 1.47. The van der Waals surface area contributed by atoms with Crippen molar-refractivity contribution in [3.8, 4) is 5.69 Å². The number of fused-ring (bicyclic) bond motifs is 1. The van der Waals surface area contributed by atoms with Gasteiger partial charge in [0.15, 0.2) is 0 Å². The average molecular weight is 569 g/mol. The Morgan fingerprint density at radius 2 is 1.98 bits per heavy atom. The Morgan fingerprint density at radius 3 is 2.66 bits per heavy atom. The summed E-state index contributed by atoms with van der Waals surface area (Å²) in [5.41, 5.74) is 0.420. The van der Waals surface area contributed by atoms with Crippen LogP contribution in [0.4, 0.5) is 13.2 Å². The van der Waals surface area contributed by atoms with Crippen LogP contribution >= 0.6 is 0 Å². The van der Waals surface area contributed by atoms with E-state index in [0.29, 0.717) is 23.7 Å². The lowest BCUT2D eigenvalue weighted by Gasteiger charge is -2.39. The fourth-order valence-corrected chi connectivity index (χ4v) is 6.58. The van der Waals surface area contributed by atoms with E-state index in [-0.39, 0.29) is 23.5 Å². The van der Waals surface area contributed by atoms with Crippen molar-refractivity contribution in [2.45, 2.75) is 57.3 Å². The Labute approximate surface area is 236 Å². The Kier molecular flexibility index (Phi) is 7.27. The van der Waals surface area contributed by atoms with Gasteiger partial charge in [0.05, 0.1) is 22.9 Å². The molecule has 2 fully saturated rings. The maximum atomic E-state index is 14.3. The molecule has 1 saturated heterocycles. The predicted molar refractivity (Wildman–Crippen MR) is 148 cm³/mol. The Balaban J connectivity index is 1.41. The Hall–Kier alpha value is -3.44. The summed E-state index contributed by atoms with van der Waals surface area (Å²) in [6.45, 7) is 4.21. The standard InChI is InChI=1S/C30H35F3N6O2/c1-19-6-5-9-37(14-19)15-20-10-25(30(31,32)33)26-17-38(29(40)39(26)16-20)23-8-4-7-21(11-23)27(22-12-24(13-22)41-3)28-35-34-18-36(28)2/h4,7-8,10-11,16-19,22,24,27H,5-6,9,12-15H2,1-3H3/t19-,22-,24-,27+/m0/s1. The maximum absolute atomic E-state index is 14.3. The summed E-state index contributed by atoms with van der Waals surface area (Å²) in [4.78, 5) is 15.8. The largest absolute Gasteiger partial charge is 0.418 e. The molecule has 1 aliphatic heterocycles. The molecule has 41 heavy (non-hydrogen) atoms. The molecule has 2 atom stereocenters. The zero-order chi connectivity index (χ0) is 28.9. The van der Waals surface area contributed by atoms with Crippen molar-refractivity contribution in [3.63, 3.8) is 0 Å². The van der Waals surface area contributed by atoms with Gasteiger partial charge >= 0.3 is 11.9 Å². The second-order valence-corrected chi connectivity index (χ2v) is 11.7. The van der Waals surface area contributed by atoms with E-state index in [4.69, 9.17) is 4.74 Å². The summed E-state index contributed by atoms with van der Waals surface area (Å²) in [6.07, 6.45) is 3.97. The second-order valence-electron chi connectivity index (χ2n) is 11.7. The third kappa shape index (κ3) is 5.32. The van der Waals surface area contributed by atoms with Gasteiger partial charge in [0.25, 0.3) is 0 Å². The average Bonchev–Trinajstić information content (AvgIpc) is 3.47. The van der Waals surface area contributed by atoms with Gasteiger partial charge in [-0.1, -0.05) is 19.1 Å². The first-order valence-corrected chi connectivity index (χ1v) is 14.2. The van der Waals surface area contributed by atoms with Gasteiger partial charge in [-0.25, -0.2) is 4.79 Å². The van der Waals surface area contributed by atoms with Gasteiger partial charge < -0.3 is 9.30 Å². The van der Waals surface area contributed by atoms with Crippen molar-refractivity contribution < 1.29 is 17.9 Å². The molecule has 2 aliphatic rings. The lowest BCUT2D eigenvalue weighted by Crippen LogP contribution is -2.35. The van der Waals surface area contributed by atoms with E-state index in [2.05, 4.69) is 22.0 Å². The molecule has 8 nitrogen and oxygen atoms in total. The number of benzene rings is 1. The SMILES string of the molecule is CO[C@H]1C[C@H]([C@@H](c2cccc(-n3cc4c(C(F)(F)F)cc(CN5CCC[C@H](C)C5)cn4c3=O)c2)c2nncn2C)C1. The molecular formula is C30H35F3N6O2. The van der Waals surface area contributed by atoms with Crippen LogP contribution in [0.5, 0.6) is 0 Å². The lowest BCUT2D eigenvalue weighted by molar-refractivity contribution is -0.136. The number of nitrogens with zero attached hydrogens (tertiary/aromatic N) is 6. The highest BCUT2D eigenvalue weighted by Gasteiger charge is 2.39. The number of likely N-dealkylation sites (tertiary alicyclic amines) is 1. The summed E-state index contributed by atoms with van der Waals surface area (Å²) < 4.78 is 52.7. The summed E-state index contributed by atoms with van der Waals surface area (Å²) in [5, 5.41) is 8.44. The minimum absolute atomic E-state index is 0.0918. The summed E-state index contributed by atoms with van der Waals surface area (Å²) in [6, 6.07) is 8.64.